The second-order valence-corrected chi connectivity index (χ2v) is 7.24. The molecule has 0 saturated carbocycles. The van der Waals surface area contributed by atoms with Gasteiger partial charge in [0.2, 0.25) is 0 Å². The van der Waals surface area contributed by atoms with Gasteiger partial charge >= 0.3 is 23.9 Å². The van der Waals surface area contributed by atoms with Gasteiger partial charge in [0.05, 0.1) is 0 Å². The van der Waals surface area contributed by atoms with Gasteiger partial charge in [-0.3, -0.25) is 9.59 Å². The highest BCUT2D eigenvalue weighted by Crippen LogP contribution is 2.39. The summed E-state index contributed by atoms with van der Waals surface area (Å²) >= 11 is 0. The number of rotatable bonds is 11. The molecule has 0 radical (unpaired) electrons. The van der Waals surface area contributed by atoms with Crippen LogP contribution in [0.4, 0.5) is 0 Å². The third kappa shape index (κ3) is 4.97. The van der Waals surface area contributed by atoms with Gasteiger partial charge in [0.1, 0.15) is 24.3 Å². The molecule has 0 aliphatic rings. The summed E-state index contributed by atoms with van der Waals surface area (Å²) in [6.07, 6.45) is -2.80. The fourth-order valence-electron chi connectivity index (χ4n) is 3.15. The van der Waals surface area contributed by atoms with Crippen LogP contribution >= 0.6 is 0 Å². The molecule has 2 unspecified atom stereocenters. The Balaban J connectivity index is 2.80. The normalized spacial score (nSPS) is 14.4. The van der Waals surface area contributed by atoms with Crippen LogP contribution in [0.25, 0.3) is 0 Å². The van der Waals surface area contributed by atoms with Crippen molar-refractivity contribution in [2.45, 2.75) is 37.9 Å². The smallest absolute Gasteiger partial charge is 0.353 e. The maximum atomic E-state index is 12.5. The summed E-state index contributed by atoms with van der Waals surface area (Å²) in [5.41, 5.74) is -4.77. The van der Waals surface area contributed by atoms with Gasteiger partial charge in [-0.15, -0.1) is 0 Å². The lowest BCUT2D eigenvalue weighted by atomic mass is 9.76. The molecule has 0 heterocycles. The molecule has 0 aromatic heterocycles. The minimum absolute atomic E-state index is 0.178. The second kappa shape index (κ2) is 9.38. The van der Waals surface area contributed by atoms with Crippen molar-refractivity contribution in [2.75, 3.05) is 0 Å². The Morgan fingerprint density at radius 3 is 1.12 bits per heavy atom. The van der Waals surface area contributed by atoms with Crippen LogP contribution in [0.15, 0.2) is 48.5 Å². The van der Waals surface area contributed by atoms with Gasteiger partial charge < -0.3 is 29.9 Å². The number of hydrogen-bond donors (Lipinski definition) is 4. The zero-order valence-corrected chi connectivity index (χ0v) is 17.3. The first kappa shape index (κ1) is 24.2. The Bertz CT molecular complexity index is 929. The molecule has 2 aromatic rings. The lowest BCUT2D eigenvalue weighted by Gasteiger charge is -2.42. The molecule has 32 heavy (non-hydrogen) atoms. The minimum Gasteiger partial charge on any atom is -0.481 e. The zero-order valence-electron chi connectivity index (χ0n) is 17.3. The fourth-order valence-corrected chi connectivity index (χ4v) is 3.15. The summed E-state index contributed by atoms with van der Waals surface area (Å²) in [5.74, 6) is -7.86. The van der Waals surface area contributed by atoms with Crippen molar-refractivity contribution in [3.63, 3.8) is 0 Å². The lowest BCUT2D eigenvalue weighted by molar-refractivity contribution is -0.202. The van der Waals surface area contributed by atoms with Crippen molar-refractivity contribution in [2.24, 2.45) is 0 Å². The van der Waals surface area contributed by atoms with E-state index in [0.29, 0.717) is 0 Å². The Labute approximate surface area is 182 Å². The molecule has 10 heteroatoms. The van der Waals surface area contributed by atoms with E-state index < -0.39 is 47.9 Å². The molecule has 4 N–H and O–H groups in total. The van der Waals surface area contributed by atoms with E-state index >= 15 is 0 Å². The summed E-state index contributed by atoms with van der Waals surface area (Å²) in [4.78, 5) is 48.3. The first-order valence-corrected chi connectivity index (χ1v) is 9.33. The molecule has 170 valence electrons. The molecule has 0 bridgehead atoms. The average Bonchev–Trinajstić information content (AvgIpc) is 2.69. The van der Waals surface area contributed by atoms with Crippen molar-refractivity contribution in [3.05, 3.63) is 59.7 Å². The lowest BCUT2D eigenvalue weighted by Crippen LogP contribution is -2.71. The molecule has 2 aromatic carbocycles. The van der Waals surface area contributed by atoms with Crippen molar-refractivity contribution < 1.29 is 49.1 Å². The summed E-state index contributed by atoms with van der Waals surface area (Å²) in [6, 6.07) is 11.4. The summed E-state index contributed by atoms with van der Waals surface area (Å²) in [7, 11) is 0. The van der Waals surface area contributed by atoms with Crippen LogP contribution in [0, 0.1) is 13.8 Å². The standard InChI is InChI=1S/C22H22O10/c1-13-3-7-15(8-4-13)31-21(19(27)28,11-17(23)24)22(20(29)30,12-18(25)26)32-16-9-5-14(2)6-10-16/h3-10H,11-12H2,1-2H3,(H,23,24)(H,25,26)(H,27,28)(H,29,30). The molecular weight excluding hydrogens is 424 g/mol. The molecule has 0 amide bonds. The van der Waals surface area contributed by atoms with E-state index in [1.165, 1.54) is 48.5 Å². The highest BCUT2D eigenvalue weighted by atomic mass is 16.6. The van der Waals surface area contributed by atoms with Crippen LogP contribution in [0.3, 0.4) is 0 Å². The second-order valence-electron chi connectivity index (χ2n) is 7.24. The maximum Gasteiger partial charge on any atom is 0.353 e. The zero-order chi connectivity index (χ0) is 24.1. The van der Waals surface area contributed by atoms with Crippen molar-refractivity contribution >= 4 is 23.9 Å². The Morgan fingerprint density at radius 2 is 0.906 bits per heavy atom. The molecule has 0 saturated heterocycles. The molecule has 0 spiro atoms. The van der Waals surface area contributed by atoms with E-state index in [1.54, 1.807) is 13.8 Å². The molecule has 10 nitrogen and oxygen atoms in total. The number of aryl methyl sites for hydroxylation is 2. The SMILES string of the molecule is Cc1ccc(OC(CC(=O)O)(C(=O)O)C(CC(=O)O)(Oc2ccc(C)cc2)C(=O)O)cc1. The number of hydrogen-bond acceptors (Lipinski definition) is 6. The van der Waals surface area contributed by atoms with Crippen LogP contribution in [0.5, 0.6) is 11.5 Å². The van der Waals surface area contributed by atoms with Crippen LogP contribution in [0.2, 0.25) is 0 Å². The number of aliphatic carboxylic acids is 4. The van der Waals surface area contributed by atoms with Crippen LogP contribution in [-0.4, -0.2) is 55.5 Å². The minimum atomic E-state index is -3.15. The molecule has 0 aliphatic carbocycles. The van der Waals surface area contributed by atoms with Crippen molar-refractivity contribution in [3.8, 4) is 11.5 Å². The third-order valence-corrected chi connectivity index (χ3v) is 4.77. The first-order chi connectivity index (χ1) is 14.9. The molecule has 2 atom stereocenters. The van der Waals surface area contributed by atoms with Gasteiger partial charge in [0.25, 0.3) is 11.2 Å². The Hall–Kier alpha value is -4.08. The monoisotopic (exact) mass is 446 g/mol. The Kier molecular flexibility index (Phi) is 7.09. The highest BCUT2D eigenvalue weighted by molar-refractivity contribution is 5.97. The maximum absolute atomic E-state index is 12.5. The molecule has 0 fully saturated rings. The van der Waals surface area contributed by atoms with Crippen LogP contribution in [0.1, 0.15) is 24.0 Å². The molecular formula is C22H22O10. The predicted molar refractivity (Wildman–Crippen MR) is 109 cm³/mol. The molecule has 0 aliphatic heterocycles. The van der Waals surface area contributed by atoms with Gasteiger partial charge in [0.15, 0.2) is 0 Å². The van der Waals surface area contributed by atoms with E-state index in [4.69, 9.17) is 9.47 Å². The first-order valence-electron chi connectivity index (χ1n) is 9.33. The summed E-state index contributed by atoms with van der Waals surface area (Å²) in [6.45, 7) is 3.47. The average molecular weight is 446 g/mol. The number of carboxylic acids is 4. The molecule has 2 rings (SSSR count). The summed E-state index contributed by atoms with van der Waals surface area (Å²) < 4.78 is 11.0. The van der Waals surface area contributed by atoms with E-state index in [9.17, 15) is 39.6 Å². The quantitative estimate of drug-likeness (QED) is 0.402. The highest BCUT2D eigenvalue weighted by Gasteiger charge is 2.69. The number of carbonyl (C=O) groups is 4. The van der Waals surface area contributed by atoms with Gasteiger partial charge in [-0.1, -0.05) is 35.4 Å². The van der Waals surface area contributed by atoms with Gasteiger partial charge in [-0.2, -0.15) is 0 Å². The van der Waals surface area contributed by atoms with Gasteiger partial charge in [-0.25, -0.2) is 9.59 Å². The van der Waals surface area contributed by atoms with E-state index in [-0.39, 0.29) is 11.5 Å². The number of carboxylic acid groups (broad SMARTS) is 4. The van der Waals surface area contributed by atoms with Crippen molar-refractivity contribution in [1.29, 1.82) is 0 Å². The van der Waals surface area contributed by atoms with E-state index in [1.807, 2.05) is 0 Å². The van der Waals surface area contributed by atoms with Crippen LogP contribution < -0.4 is 9.47 Å². The van der Waals surface area contributed by atoms with E-state index in [2.05, 4.69) is 0 Å². The largest absolute Gasteiger partial charge is 0.481 e. The fraction of sp³-hybridized carbons (Fsp3) is 0.273. The van der Waals surface area contributed by atoms with Gasteiger partial charge in [-0.05, 0) is 38.1 Å². The number of benzene rings is 2. The topological polar surface area (TPSA) is 168 Å². The van der Waals surface area contributed by atoms with E-state index in [0.717, 1.165) is 11.1 Å². The predicted octanol–water partition coefficient (Wildman–Crippen LogP) is 2.36. The summed E-state index contributed by atoms with van der Waals surface area (Å²) in [5, 5.41) is 39.1. The third-order valence-electron chi connectivity index (χ3n) is 4.77. The van der Waals surface area contributed by atoms with Crippen molar-refractivity contribution in [1.82, 2.24) is 0 Å². The number of ether oxygens (including phenoxy) is 2. The van der Waals surface area contributed by atoms with Gasteiger partial charge in [0, 0.05) is 0 Å². The van der Waals surface area contributed by atoms with Crippen LogP contribution in [-0.2, 0) is 19.2 Å². The Morgan fingerprint density at radius 1 is 0.625 bits per heavy atom.